The molecule has 2 aromatic heterocycles. The minimum atomic E-state index is -3.63. The Morgan fingerprint density at radius 2 is 1.78 bits per heavy atom. The first kappa shape index (κ1) is 18.6. The summed E-state index contributed by atoms with van der Waals surface area (Å²) >= 11 is 0. The molecule has 0 atom stereocenters. The molecule has 0 fully saturated rings. The van der Waals surface area contributed by atoms with Crippen molar-refractivity contribution in [1.29, 1.82) is 0 Å². The third-order valence-corrected chi connectivity index (χ3v) is 4.79. The van der Waals surface area contributed by atoms with Crippen LogP contribution in [0.4, 0.5) is 5.69 Å². The summed E-state index contributed by atoms with van der Waals surface area (Å²) in [6.45, 7) is -0.201. The number of fused-ring (bicyclic) bond motifs is 1. The van der Waals surface area contributed by atoms with Crippen LogP contribution in [0.5, 0.6) is 0 Å². The quantitative estimate of drug-likeness (QED) is 0.715. The lowest BCUT2D eigenvalue weighted by molar-refractivity contribution is -0.116. The number of benzene rings is 1. The number of pyridine rings is 1. The highest BCUT2D eigenvalue weighted by Crippen LogP contribution is 2.18. The van der Waals surface area contributed by atoms with Crippen molar-refractivity contribution in [3.63, 3.8) is 0 Å². The summed E-state index contributed by atoms with van der Waals surface area (Å²) in [5.41, 5.74) is 0.958. The number of imidazole rings is 1. The summed E-state index contributed by atoms with van der Waals surface area (Å²) < 4.78 is 25.3. The maximum absolute atomic E-state index is 12.8. The number of carbonyl (C=O) groups is 2. The number of rotatable bonds is 5. The van der Waals surface area contributed by atoms with Crippen LogP contribution < -0.4 is 5.32 Å². The van der Waals surface area contributed by atoms with E-state index in [1.807, 2.05) is 6.07 Å². The fourth-order valence-electron chi connectivity index (χ4n) is 2.62. The summed E-state index contributed by atoms with van der Waals surface area (Å²) in [5.74, 6) is -0.916. The molecule has 0 saturated carbocycles. The second kappa shape index (κ2) is 7.20. The zero-order valence-corrected chi connectivity index (χ0v) is 15.6. The van der Waals surface area contributed by atoms with E-state index in [4.69, 9.17) is 0 Å². The van der Waals surface area contributed by atoms with Gasteiger partial charge in [0.25, 0.3) is 5.91 Å². The van der Waals surface area contributed by atoms with Gasteiger partial charge in [0, 0.05) is 25.2 Å². The molecule has 3 aromatic rings. The van der Waals surface area contributed by atoms with Crippen molar-refractivity contribution in [2.75, 3.05) is 25.2 Å². The fourth-order valence-corrected chi connectivity index (χ4v) is 3.39. The van der Waals surface area contributed by atoms with E-state index in [1.165, 1.54) is 22.5 Å². The standard InChI is InChI=1S/C18H18N4O4S/c1-21(12-15(23)19-13-8-4-3-5-9-13)17(24)16-14-10-6-7-11-22(14)18(20-16)27(2,25)26/h3-11H,12H2,1-2H3,(H,19,23). The highest BCUT2D eigenvalue weighted by molar-refractivity contribution is 7.90. The molecule has 0 aliphatic carbocycles. The Labute approximate surface area is 156 Å². The van der Waals surface area contributed by atoms with Crippen molar-refractivity contribution in [2.24, 2.45) is 0 Å². The van der Waals surface area contributed by atoms with E-state index in [2.05, 4.69) is 10.3 Å². The predicted octanol–water partition coefficient (Wildman–Crippen LogP) is 1.45. The number of nitrogens with one attached hydrogen (secondary N) is 1. The monoisotopic (exact) mass is 386 g/mol. The van der Waals surface area contributed by atoms with Gasteiger partial charge in [-0.2, -0.15) is 0 Å². The molecule has 0 aliphatic heterocycles. The smallest absolute Gasteiger partial charge is 0.274 e. The van der Waals surface area contributed by atoms with Crippen LogP contribution in [0, 0.1) is 0 Å². The number of carbonyl (C=O) groups excluding carboxylic acids is 2. The van der Waals surface area contributed by atoms with Crippen LogP contribution in [-0.4, -0.2) is 54.4 Å². The number of likely N-dealkylation sites (N-methyl/N-ethyl adjacent to an activating group) is 1. The average Bonchev–Trinajstić information content (AvgIpc) is 3.01. The van der Waals surface area contributed by atoms with E-state index in [1.54, 1.807) is 42.5 Å². The van der Waals surface area contributed by atoms with Gasteiger partial charge in [-0.05, 0) is 24.3 Å². The minimum Gasteiger partial charge on any atom is -0.331 e. The lowest BCUT2D eigenvalue weighted by Gasteiger charge is -2.15. The molecule has 0 radical (unpaired) electrons. The maximum atomic E-state index is 12.8. The van der Waals surface area contributed by atoms with Crippen LogP contribution in [0.25, 0.3) is 5.52 Å². The molecular formula is C18H18N4O4S. The normalized spacial score (nSPS) is 11.3. The average molecular weight is 386 g/mol. The van der Waals surface area contributed by atoms with Crippen LogP contribution in [0.2, 0.25) is 0 Å². The summed E-state index contributed by atoms with van der Waals surface area (Å²) in [6, 6.07) is 13.8. The van der Waals surface area contributed by atoms with Gasteiger partial charge in [0.15, 0.2) is 5.69 Å². The first-order valence-corrected chi connectivity index (χ1v) is 9.94. The number of amides is 2. The third kappa shape index (κ3) is 3.98. The van der Waals surface area contributed by atoms with Gasteiger partial charge < -0.3 is 10.2 Å². The molecule has 3 rings (SSSR count). The SMILES string of the molecule is CN(CC(=O)Nc1ccccc1)C(=O)c1nc(S(C)(=O)=O)n2ccccc12. The Morgan fingerprint density at radius 1 is 1.11 bits per heavy atom. The Hall–Kier alpha value is -3.20. The van der Waals surface area contributed by atoms with Gasteiger partial charge in [0.2, 0.25) is 20.9 Å². The maximum Gasteiger partial charge on any atom is 0.274 e. The van der Waals surface area contributed by atoms with Crippen molar-refractivity contribution >= 4 is 32.9 Å². The van der Waals surface area contributed by atoms with Gasteiger partial charge in [-0.1, -0.05) is 24.3 Å². The van der Waals surface area contributed by atoms with Crippen LogP contribution in [0.15, 0.2) is 59.9 Å². The number of sulfone groups is 1. The summed E-state index contributed by atoms with van der Waals surface area (Å²) in [4.78, 5) is 30.1. The van der Waals surface area contributed by atoms with Gasteiger partial charge in [0.05, 0.1) is 12.1 Å². The lowest BCUT2D eigenvalue weighted by atomic mass is 10.3. The molecule has 0 saturated heterocycles. The van der Waals surface area contributed by atoms with Crippen molar-refractivity contribution in [1.82, 2.24) is 14.3 Å². The van der Waals surface area contributed by atoms with Crippen molar-refractivity contribution in [2.45, 2.75) is 5.16 Å². The van der Waals surface area contributed by atoms with Gasteiger partial charge >= 0.3 is 0 Å². The van der Waals surface area contributed by atoms with E-state index in [0.29, 0.717) is 11.2 Å². The molecule has 140 valence electrons. The minimum absolute atomic E-state index is 0.0222. The zero-order valence-electron chi connectivity index (χ0n) is 14.8. The third-order valence-electron chi connectivity index (χ3n) is 3.84. The highest BCUT2D eigenvalue weighted by atomic mass is 32.2. The van der Waals surface area contributed by atoms with E-state index < -0.39 is 15.7 Å². The number of anilines is 1. The van der Waals surface area contributed by atoms with E-state index in [9.17, 15) is 18.0 Å². The second-order valence-corrected chi connectivity index (χ2v) is 7.96. The second-order valence-electron chi connectivity index (χ2n) is 6.05. The van der Waals surface area contributed by atoms with E-state index in [-0.39, 0.29) is 23.3 Å². The van der Waals surface area contributed by atoms with E-state index in [0.717, 1.165) is 6.26 Å². The summed E-state index contributed by atoms with van der Waals surface area (Å²) in [7, 11) is -2.17. The Kier molecular flexibility index (Phi) is 4.95. The molecule has 2 heterocycles. The van der Waals surface area contributed by atoms with E-state index >= 15 is 0 Å². The first-order chi connectivity index (χ1) is 12.8. The van der Waals surface area contributed by atoms with Crippen LogP contribution in [-0.2, 0) is 14.6 Å². The molecule has 0 unspecified atom stereocenters. The molecule has 0 aliphatic rings. The number of hydrogen-bond donors (Lipinski definition) is 1. The fraction of sp³-hybridized carbons (Fsp3) is 0.167. The van der Waals surface area contributed by atoms with Crippen molar-refractivity contribution in [3.05, 3.63) is 60.4 Å². The zero-order chi connectivity index (χ0) is 19.6. The van der Waals surface area contributed by atoms with Crippen molar-refractivity contribution < 1.29 is 18.0 Å². The van der Waals surface area contributed by atoms with Gasteiger partial charge in [0.1, 0.15) is 0 Å². The molecule has 27 heavy (non-hydrogen) atoms. The lowest BCUT2D eigenvalue weighted by Crippen LogP contribution is -2.35. The number of nitrogens with zero attached hydrogens (tertiary/aromatic N) is 3. The highest BCUT2D eigenvalue weighted by Gasteiger charge is 2.25. The molecule has 0 bridgehead atoms. The topological polar surface area (TPSA) is 101 Å². The molecule has 0 spiro atoms. The van der Waals surface area contributed by atoms with Crippen LogP contribution in [0.1, 0.15) is 10.5 Å². The van der Waals surface area contributed by atoms with Crippen LogP contribution >= 0.6 is 0 Å². The number of para-hydroxylation sites is 1. The predicted molar refractivity (Wildman–Crippen MR) is 100 cm³/mol. The molecule has 9 heteroatoms. The first-order valence-electron chi connectivity index (χ1n) is 8.05. The molecule has 1 N–H and O–H groups in total. The molecular weight excluding hydrogens is 368 g/mol. The van der Waals surface area contributed by atoms with Gasteiger partial charge in [-0.25, -0.2) is 13.4 Å². The number of aromatic nitrogens is 2. The number of hydrogen-bond acceptors (Lipinski definition) is 5. The Morgan fingerprint density at radius 3 is 2.44 bits per heavy atom. The molecule has 8 nitrogen and oxygen atoms in total. The Bertz CT molecular complexity index is 1110. The Balaban J connectivity index is 1.84. The van der Waals surface area contributed by atoms with Crippen LogP contribution in [0.3, 0.4) is 0 Å². The van der Waals surface area contributed by atoms with Gasteiger partial charge in [-0.3, -0.25) is 14.0 Å². The summed E-state index contributed by atoms with van der Waals surface area (Å²) in [6.07, 6.45) is 2.55. The summed E-state index contributed by atoms with van der Waals surface area (Å²) in [5, 5.41) is 2.47. The van der Waals surface area contributed by atoms with Crippen molar-refractivity contribution in [3.8, 4) is 0 Å². The largest absolute Gasteiger partial charge is 0.331 e. The molecule has 1 aromatic carbocycles. The van der Waals surface area contributed by atoms with Gasteiger partial charge in [-0.15, -0.1) is 0 Å². The molecule has 2 amide bonds.